The van der Waals surface area contributed by atoms with Crippen molar-refractivity contribution in [3.63, 3.8) is 0 Å². The number of benzene rings is 3. The van der Waals surface area contributed by atoms with Crippen LogP contribution in [0.15, 0.2) is 91.0 Å². The number of esters is 1. The highest BCUT2D eigenvalue weighted by Crippen LogP contribution is 2.57. The molecule has 35 heavy (non-hydrogen) atoms. The summed E-state index contributed by atoms with van der Waals surface area (Å²) in [5.41, 5.74) is 0. The van der Waals surface area contributed by atoms with Crippen molar-refractivity contribution in [2.75, 3.05) is 45.6 Å². The number of carbonyl (C=O) groups is 1. The molecule has 1 aliphatic heterocycles. The standard InChI is InChI=1S/C29H35NO3P.BrH/c1-2-33-29(31)25(18-19-30-20-22-32-23-21-30)24-34(26-12-6-3-7-13-26,27-14-8-4-9-15-27)28-16-10-5-11-17-28;/h3-17,25H,2,18-24H2,1H3;1H/q+1;/p-1. The van der Waals surface area contributed by atoms with Gasteiger partial charge in [-0.15, -0.1) is 0 Å². The topological polar surface area (TPSA) is 38.8 Å². The van der Waals surface area contributed by atoms with E-state index in [1.54, 1.807) is 0 Å². The minimum absolute atomic E-state index is 0. The van der Waals surface area contributed by atoms with E-state index in [-0.39, 0.29) is 28.9 Å². The smallest absolute Gasteiger partial charge is 0.312 e. The highest BCUT2D eigenvalue weighted by Gasteiger charge is 2.48. The van der Waals surface area contributed by atoms with Crippen LogP contribution in [0, 0.1) is 5.92 Å². The Labute approximate surface area is 220 Å². The van der Waals surface area contributed by atoms with Crippen LogP contribution >= 0.6 is 7.26 Å². The molecule has 0 aliphatic carbocycles. The van der Waals surface area contributed by atoms with Crippen LogP contribution in [0.1, 0.15) is 13.3 Å². The molecule has 6 heteroatoms. The van der Waals surface area contributed by atoms with Crippen LogP contribution in [0.4, 0.5) is 0 Å². The second-order valence-electron chi connectivity index (χ2n) is 8.69. The van der Waals surface area contributed by atoms with Gasteiger partial charge in [0.05, 0.1) is 31.9 Å². The van der Waals surface area contributed by atoms with Crippen LogP contribution < -0.4 is 32.9 Å². The lowest BCUT2D eigenvalue weighted by molar-refractivity contribution is -0.147. The Morgan fingerprint density at radius 3 is 1.74 bits per heavy atom. The second-order valence-corrected chi connectivity index (χ2v) is 12.2. The summed E-state index contributed by atoms with van der Waals surface area (Å²) >= 11 is 0. The van der Waals surface area contributed by atoms with E-state index in [0.29, 0.717) is 6.61 Å². The van der Waals surface area contributed by atoms with Crippen molar-refractivity contribution in [3.8, 4) is 0 Å². The lowest BCUT2D eigenvalue weighted by Gasteiger charge is -2.32. The number of morpholine rings is 1. The molecule has 4 nitrogen and oxygen atoms in total. The first-order valence-electron chi connectivity index (χ1n) is 12.3. The summed E-state index contributed by atoms with van der Waals surface area (Å²) in [6.07, 6.45) is 1.54. The zero-order valence-corrected chi connectivity index (χ0v) is 22.9. The van der Waals surface area contributed by atoms with E-state index >= 15 is 0 Å². The molecule has 1 saturated heterocycles. The van der Waals surface area contributed by atoms with Gasteiger partial charge in [0.1, 0.15) is 23.2 Å². The fraction of sp³-hybridized carbons (Fsp3) is 0.345. The predicted molar refractivity (Wildman–Crippen MR) is 142 cm³/mol. The lowest BCUT2D eigenvalue weighted by atomic mass is 10.1. The summed E-state index contributed by atoms with van der Waals surface area (Å²) in [5, 5.41) is 3.90. The fourth-order valence-electron chi connectivity index (χ4n) is 4.85. The van der Waals surface area contributed by atoms with Gasteiger partial charge >= 0.3 is 5.97 Å². The number of nitrogens with zero attached hydrogens (tertiary/aromatic N) is 1. The normalized spacial score (nSPS) is 15.1. The summed E-state index contributed by atoms with van der Waals surface area (Å²) in [4.78, 5) is 15.7. The molecule has 0 radical (unpaired) electrons. The van der Waals surface area contributed by atoms with Crippen LogP contribution in [0.2, 0.25) is 0 Å². The maximum absolute atomic E-state index is 13.3. The van der Waals surface area contributed by atoms with E-state index in [1.807, 2.05) is 6.92 Å². The van der Waals surface area contributed by atoms with Crippen molar-refractivity contribution in [1.29, 1.82) is 0 Å². The van der Waals surface area contributed by atoms with Gasteiger partial charge in [0, 0.05) is 13.1 Å². The molecule has 0 bridgehead atoms. The molecular weight excluding hydrogens is 521 g/mol. The Kier molecular flexibility index (Phi) is 10.9. The van der Waals surface area contributed by atoms with E-state index in [1.165, 1.54) is 15.9 Å². The van der Waals surface area contributed by atoms with Gasteiger partial charge in [0.25, 0.3) is 0 Å². The maximum Gasteiger partial charge on any atom is 0.312 e. The first-order valence-corrected chi connectivity index (χ1v) is 14.2. The number of hydrogen-bond donors (Lipinski definition) is 0. The molecule has 0 amide bonds. The highest BCUT2D eigenvalue weighted by atomic mass is 79.9. The van der Waals surface area contributed by atoms with Gasteiger partial charge in [0.15, 0.2) is 0 Å². The molecule has 1 aliphatic rings. The Hall–Kier alpha value is -2.04. The lowest BCUT2D eigenvalue weighted by Crippen LogP contribution is -3.00. The number of ether oxygens (including phenoxy) is 2. The van der Waals surface area contributed by atoms with E-state index in [4.69, 9.17) is 9.47 Å². The molecule has 1 atom stereocenters. The van der Waals surface area contributed by atoms with E-state index in [2.05, 4.69) is 95.9 Å². The second kappa shape index (κ2) is 13.9. The molecule has 1 unspecified atom stereocenters. The maximum atomic E-state index is 13.3. The molecule has 3 aromatic rings. The average Bonchev–Trinajstić information content (AvgIpc) is 2.91. The van der Waals surface area contributed by atoms with Gasteiger partial charge in [-0.2, -0.15) is 0 Å². The van der Waals surface area contributed by atoms with Crippen LogP contribution in [-0.2, 0) is 14.3 Å². The molecule has 1 fully saturated rings. The van der Waals surface area contributed by atoms with E-state index < -0.39 is 7.26 Å². The third-order valence-electron chi connectivity index (χ3n) is 6.60. The minimum atomic E-state index is -2.10. The highest BCUT2D eigenvalue weighted by molar-refractivity contribution is 7.95. The van der Waals surface area contributed by atoms with Gasteiger partial charge in [0.2, 0.25) is 0 Å². The SMILES string of the molecule is CCOC(=O)C(CCN1CCOCC1)C[P+](c1ccccc1)(c1ccccc1)c1ccccc1.[Br-]. The molecule has 0 aromatic heterocycles. The zero-order valence-electron chi connectivity index (χ0n) is 20.4. The summed E-state index contributed by atoms with van der Waals surface area (Å²) in [5.74, 6) is -0.264. The Morgan fingerprint density at radius 2 is 1.31 bits per heavy atom. The van der Waals surface area contributed by atoms with Crippen molar-refractivity contribution in [3.05, 3.63) is 91.0 Å². The van der Waals surface area contributed by atoms with Crippen molar-refractivity contribution < 1.29 is 31.2 Å². The summed E-state index contributed by atoms with van der Waals surface area (Å²) in [6.45, 7) is 6.55. The van der Waals surface area contributed by atoms with Crippen LogP contribution in [-0.4, -0.2) is 56.5 Å². The molecule has 0 N–H and O–H groups in total. The number of carbonyl (C=O) groups excluding carboxylic acids is 1. The molecule has 0 spiro atoms. The quantitative estimate of drug-likeness (QED) is 0.275. The Balaban J connectivity index is 0.00000342. The number of rotatable bonds is 10. The van der Waals surface area contributed by atoms with Crippen molar-refractivity contribution in [1.82, 2.24) is 4.90 Å². The van der Waals surface area contributed by atoms with E-state index in [9.17, 15) is 4.79 Å². The third kappa shape index (κ3) is 6.80. The summed E-state index contributed by atoms with van der Waals surface area (Å²) in [7, 11) is -2.10. The predicted octanol–water partition coefficient (Wildman–Crippen LogP) is 0.886. The van der Waals surface area contributed by atoms with E-state index in [0.717, 1.165) is 45.4 Å². The number of halogens is 1. The summed E-state index contributed by atoms with van der Waals surface area (Å²) < 4.78 is 11.2. The Bertz CT molecular complexity index is 917. The largest absolute Gasteiger partial charge is 1.00 e. The molecule has 4 rings (SSSR count). The van der Waals surface area contributed by atoms with Gasteiger partial charge in [-0.1, -0.05) is 54.6 Å². The van der Waals surface area contributed by atoms with Gasteiger partial charge in [-0.25, -0.2) is 0 Å². The molecule has 0 saturated carbocycles. The monoisotopic (exact) mass is 555 g/mol. The third-order valence-corrected chi connectivity index (χ3v) is 11.1. The van der Waals surface area contributed by atoms with Crippen LogP contribution in [0.3, 0.4) is 0 Å². The van der Waals surface area contributed by atoms with Crippen LogP contribution in [0.25, 0.3) is 0 Å². The molecule has 186 valence electrons. The minimum Gasteiger partial charge on any atom is -1.00 e. The fourth-order valence-corrected chi connectivity index (χ4v) is 9.41. The average molecular weight is 556 g/mol. The van der Waals surface area contributed by atoms with Gasteiger partial charge < -0.3 is 26.5 Å². The molecule has 3 aromatic carbocycles. The Morgan fingerprint density at radius 1 is 0.857 bits per heavy atom. The first kappa shape index (κ1) is 27.5. The van der Waals surface area contributed by atoms with Gasteiger partial charge in [-0.3, -0.25) is 9.69 Å². The van der Waals surface area contributed by atoms with Crippen molar-refractivity contribution in [2.45, 2.75) is 13.3 Å². The van der Waals surface area contributed by atoms with Crippen LogP contribution in [0.5, 0.6) is 0 Å². The van der Waals surface area contributed by atoms with Gasteiger partial charge in [-0.05, 0) is 56.3 Å². The molecular formula is C29H35BrNO3P. The molecule has 1 heterocycles. The first-order chi connectivity index (χ1) is 16.7. The summed E-state index contributed by atoms with van der Waals surface area (Å²) in [6, 6.07) is 32.3. The van der Waals surface area contributed by atoms with Crippen molar-refractivity contribution >= 4 is 29.1 Å². The number of hydrogen-bond acceptors (Lipinski definition) is 4. The zero-order chi connectivity index (χ0) is 23.6. The van der Waals surface area contributed by atoms with Crippen molar-refractivity contribution in [2.24, 2.45) is 5.92 Å².